The smallest absolute Gasteiger partial charge is 0.0868 e. The highest BCUT2D eigenvalue weighted by Crippen LogP contribution is 2.09. The van der Waals surface area contributed by atoms with Crippen LogP contribution >= 0.6 is 0 Å². The number of nitrogens with one attached hydrogen (secondary N) is 1. The quantitative estimate of drug-likeness (QED) is 0.632. The fraction of sp³-hybridized carbons (Fsp3) is 0.188. The summed E-state index contributed by atoms with van der Waals surface area (Å²) in [4.78, 5) is 6.55. The lowest BCUT2D eigenvalue weighted by Gasteiger charge is -2.17. The number of hydrogen-bond acceptors (Lipinski definition) is 2. The van der Waals surface area contributed by atoms with Crippen molar-refractivity contribution in [2.45, 2.75) is 0 Å². The number of aliphatic imine (C=N–C) groups is 1. The second-order valence-corrected chi connectivity index (χ2v) is 4.30. The number of rotatable bonds is 6. The van der Waals surface area contributed by atoms with Gasteiger partial charge in [-0.25, -0.2) is 0 Å². The molecule has 2 aromatic rings. The molecule has 0 aliphatic heterocycles. The van der Waals surface area contributed by atoms with Gasteiger partial charge in [0, 0.05) is 25.0 Å². The third kappa shape index (κ3) is 4.47. The summed E-state index contributed by atoms with van der Waals surface area (Å²) in [6.45, 7) is 1.67. The van der Waals surface area contributed by atoms with Crippen molar-refractivity contribution in [3.63, 3.8) is 0 Å². The highest BCUT2D eigenvalue weighted by molar-refractivity contribution is 5.75. The van der Waals surface area contributed by atoms with Crippen molar-refractivity contribution in [1.82, 2.24) is 0 Å². The molecule has 0 saturated carbocycles. The van der Waals surface area contributed by atoms with Crippen molar-refractivity contribution < 1.29 is 0 Å². The van der Waals surface area contributed by atoms with Crippen LogP contribution < -0.4 is 10.2 Å². The Morgan fingerprint density at radius 2 is 1.63 bits per heavy atom. The van der Waals surface area contributed by atoms with Crippen LogP contribution in [0.3, 0.4) is 0 Å². The molecule has 0 aromatic heterocycles. The van der Waals surface area contributed by atoms with Crippen molar-refractivity contribution in [2.24, 2.45) is 4.99 Å². The van der Waals surface area contributed by atoms with E-state index in [0.717, 1.165) is 18.8 Å². The van der Waals surface area contributed by atoms with Gasteiger partial charge in [0.15, 0.2) is 0 Å². The molecule has 0 amide bonds. The van der Waals surface area contributed by atoms with E-state index in [1.807, 2.05) is 48.5 Å². The molecule has 98 valence electrons. The Morgan fingerprint density at radius 1 is 1.00 bits per heavy atom. The van der Waals surface area contributed by atoms with E-state index in [1.165, 1.54) is 5.69 Å². The van der Waals surface area contributed by atoms with Crippen LogP contribution in [0.15, 0.2) is 65.7 Å². The Balaban J connectivity index is 1.72. The van der Waals surface area contributed by atoms with Gasteiger partial charge >= 0.3 is 0 Å². The van der Waals surface area contributed by atoms with Crippen molar-refractivity contribution in [3.8, 4) is 0 Å². The number of benzene rings is 2. The van der Waals surface area contributed by atoms with E-state index in [4.69, 9.17) is 0 Å². The number of nitrogens with zero attached hydrogens (tertiary/aromatic N) is 2. The number of anilines is 2. The summed E-state index contributed by atoms with van der Waals surface area (Å²) < 4.78 is 0. The molecule has 0 aliphatic carbocycles. The predicted octanol–water partition coefficient (Wildman–Crippen LogP) is 3.26. The molecule has 2 aromatic carbocycles. The molecule has 2 rings (SSSR count). The molecular weight excluding hydrogens is 234 g/mol. The molecule has 1 N–H and O–H groups in total. The van der Waals surface area contributed by atoms with Crippen molar-refractivity contribution in [3.05, 3.63) is 60.7 Å². The number of para-hydroxylation sites is 2. The van der Waals surface area contributed by atoms with Crippen molar-refractivity contribution in [1.29, 1.82) is 0 Å². The van der Waals surface area contributed by atoms with Gasteiger partial charge < -0.3 is 10.2 Å². The Hall–Kier alpha value is -2.29. The van der Waals surface area contributed by atoms with E-state index in [0.29, 0.717) is 0 Å². The van der Waals surface area contributed by atoms with Crippen LogP contribution in [0.4, 0.5) is 11.4 Å². The van der Waals surface area contributed by atoms with E-state index in [1.54, 1.807) is 6.34 Å². The zero-order chi connectivity index (χ0) is 13.3. The molecule has 0 bridgehead atoms. The van der Waals surface area contributed by atoms with E-state index < -0.39 is 0 Å². The van der Waals surface area contributed by atoms with Gasteiger partial charge in [-0.3, -0.25) is 4.99 Å². The summed E-state index contributed by atoms with van der Waals surface area (Å²) in [5.41, 5.74) is 2.27. The fourth-order valence-electron chi connectivity index (χ4n) is 1.74. The van der Waals surface area contributed by atoms with Crippen molar-refractivity contribution in [2.75, 3.05) is 30.4 Å². The van der Waals surface area contributed by atoms with Gasteiger partial charge in [-0.05, 0) is 24.3 Å². The topological polar surface area (TPSA) is 27.6 Å². The maximum atomic E-state index is 4.35. The average Bonchev–Trinajstić information content (AvgIpc) is 2.49. The first-order valence-corrected chi connectivity index (χ1v) is 6.42. The second kappa shape index (κ2) is 7.21. The van der Waals surface area contributed by atoms with Gasteiger partial charge in [0.25, 0.3) is 0 Å². The minimum Gasteiger partial charge on any atom is -0.373 e. The first kappa shape index (κ1) is 13.1. The van der Waals surface area contributed by atoms with Crippen LogP contribution in [0.2, 0.25) is 0 Å². The van der Waals surface area contributed by atoms with E-state index in [9.17, 15) is 0 Å². The van der Waals surface area contributed by atoms with E-state index in [-0.39, 0.29) is 0 Å². The summed E-state index contributed by atoms with van der Waals surface area (Å²) in [6.07, 6.45) is 1.76. The van der Waals surface area contributed by atoms with Gasteiger partial charge in [0.05, 0.1) is 12.9 Å². The summed E-state index contributed by atoms with van der Waals surface area (Å²) in [5, 5.41) is 3.15. The summed E-state index contributed by atoms with van der Waals surface area (Å²) >= 11 is 0. The maximum Gasteiger partial charge on any atom is 0.0868 e. The van der Waals surface area contributed by atoms with E-state index >= 15 is 0 Å². The minimum atomic E-state index is 0.769. The fourth-order valence-corrected chi connectivity index (χ4v) is 1.74. The number of hydrogen-bond donors (Lipinski definition) is 1. The normalized spacial score (nSPS) is 10.6. The highest BCUT2D eigenvalue weighted by Gasteiger charge is 1.97. The molecule has 19 heavy (non-hydrogen) atoms. The monoisotopic (exact) mass is 253 g/mol. The van der Waals surface area contributed by atoms with Gasteiger partial charge in [-0.2, -0.15) is 0 Å². The first-order chi connectivity index (χ1) is 9.36. The second-order valence-electron chi connectivity index (χ2n) is 4.30. The van der Waals surface area contributed by atoms with Gasteiger partial charge in [-0.15, -0.1) is 0 Å². The maximum absolute atomic E-state index is 4.35. The van der Waals surface area contributed by atoms with E-state index in [2.05, 4.69) is 34.4 Å². The zero-order valence-corrected chi connectivity index (χ0v) is 11.2. The lowest BCUT2D eigenvalue weighted by atomic mass is 10.3. The molecule has 0 atom stereocenters. The summed E-state index contributed by atoms with van der Waals surface area (Å²) in [5.74, 6) is 0. The molecule has 0 aliphatic rings. The summed E-state index contributed by atoms with van der Waals surface area (Å²) in [6, 6.07) is 20.4. The van der Waals surface area contributed by atoms with Crippen LogP contribution in [0.1, 0.15) is 0 Å². The third-order valence-electron chi connectivity index (χ3n) is 2.86. The standard InChI is InChI=1S/C16H19N3/c1-19(16-10-6-3-7-11-16)13-12-17-14-18-15-8-4-2-5-9-15/h2-11,14H,12-13H2,1H3,(H,17,18). The predicted molar refractivity (Wildman–Crippen MR) is 83.1 cm³/mol. The van der Waals surface area contributed by atoms with Crippen molar-refractivity contribution >= 4 is 17.7 Å². The molecule has 0 unspecified atom stereocenters. The number of likely N-dealkylation sites (N-methyl/N-ethyl adjacent to an activating group) is 1. The zero-order valence-electron chi connectivity index (χ0n) is 11.2. The SMILES string of the molecule is CN(CC/N=C/Nc1ccccc1)c1ccccc1. The lowest BCUT2D eigenvalue weighted by Crippen LogP contribution is -2.20. The molecule has 0 saturated heterocycles. The first-order valence-electron chi connectivity index (χ1n) is 6.42. The van der Waals surface area contributed by atoms with Gasteiger partial charge in [-0.1, -0.05) is 36.4 Å². The molecule has 3 nitrogen and oxygen atoms in total. The Bertz CT molecular complexity index is 494. The Labute approximate surface area is 114 Å². The largest absolute Gasteiger partial charge is 0.373 e. The highest BCUT2D eigenvalue weighted by atomic mass is 15.1. The molecule has 3 heteroatoms. The van der Waals surface area contributed by atoms with Crippen LogP contribution in [0.5, 0.6) is 0 Å². The van der Waals surface area contributed by atoms with Crippen LogP contribution in [-0.2, 0) is 0 Å². The molecule has 0 heterocycles. The molecule has 0 spiro atoms. The van der Waals surface area contributed by atoms with Crippen LogP contribution in [-0.4, -0.2) is 26.5 Å². The Morgan fingerprint density at radius 3 is 2.32 bits per heavy atom. The Kier molecular flexibility index (Phi) is 4.99. The average molecular weight is 253 g/mol. The molecule has 0 fully saturated rings. The minimum absolute atomic E-state index is 0.769. The van der Waals surface area contributed by atoms with Gasteiger partial charge in [0.2, 0.25) is 0 Å². The molecule has 0 radical (unpaired) electrons. The summed E-state index contributed by atoms with van der Waals surface area (Å²) in [7, 11) is 2.08. The van der Waals surface area contributed by atoms with Crippen LogP contribution in [0.25, 0.3) is 0 Å². The van der Waals surface area contributed by atoms with Gasteiger partial charge in [0.1, 0.15) is 0 Å². The lowest BCUT2D eigenvalue weighted by molar-refractivity contribution is 0.888. The molecular formula is C16H19N3. The van der Waals surface area contributed by atoms with Crippen LogP contribution in [0, 0.1) is 0 Å². The third-order valence-corrected chi connectivity index (χ3v) is 2.86.